The highest BCUT2D eigenvalue weighted by Gasteiger charge is 2.03. The second kappa shape index (κ2) is 2.86. The average Bonchev–Trinajstić information content (AvgIpc) is 1.80. The highest BCUT2D eigenvalue weighted by molar-refractivity contribution is 7.23. The van der Waals surface area contributed by atoms with Gasteiger partial charge in [0.05, 0.1) is 0 Å². The Bertz CT molecular complexity index is 179. The summed E-state index contributed by atoms with van der Waals surface area (Å²) in [6.07, 6.45) is 4.16. The molecule has 2 heteroatoms. The van der Waals surface area contributed by atoms with Gasteiger partial charge in [0.25, 0.3) is 0 Å². The van der Waals surface area contributed by atoms with E-state index in [1.807, 2.05) is 6.08 Å². The van der Waals surface area contributed by atoms with Gasteiger partial charge in [-0.2, -0.15) is 0 Å². The van der Waals surface area contributed by atoms with E-state index in [1.165, 1.54) is 10.9 Å². The molecule has 0 aliphatic heterocycles. The van der Waals surface area contributed by atoms with E-state index in [4.69, 9.17) is 11.6 Å². The second-order valence-electron chi connectivity index (χ2n) is 2.33. The molecule has 0 radical (unpaired) electrons. The molecule has 0 heterocycles. The minimum absolute atomic E-state index is 0.977. The van der Waals surface area contributed by atoms with Gasteiger partial charge in [0.1, 0.15) is 0 Å². The van der Waals surface area contributed by atoms with Crippen molar-refractivity contribution in [1.29, 1.82) is 0 Å². The van der Waals surface area contributed by atoms with Gasteiger partial charge >= 0.3 is 0 Å². The molecule has 1 aliphatic carbocycles. The molecule has 9 heavy (non-hydrogen) atoms. The summed E-state index contributed by atoms with van der Waals surface area (Å²) in [5.41, 5.74) is 1.43. The van der Waals surface area contributed by atoms with Gasteiger partial charge < -0.3 is 0 Å². The molecule has 1 aliphatic rings. The molecule has 50 valence electrons. The Balaban J connectivity index is 2.83. The molecule has 1 atom stereocenters. The first-order valence-corrected chi connectivity index (χ1v) is 3.97. The summed E-state index contributed by atoms with van der Waals surface area (Å²) in [6, 6.07) is 0. The van der Waals surface area contributed by atoms with Gasteiger partial charge in [-0.3, -0.25) is 0 Å². The fourth-order valence-electron chi connectivity index (χ4n) is 0.815. The molecule has 0 saturated carbocycles. The highest BCUT2D eigenvalue weighted by Crippen LogP contribution is 2.28. The van der Waals surface area contributed by atoms with Gasteiger partial charge in [-0.25, -0.2) is 0 Å². The molecule has 0 bridgehead atoms. The van der Waals surface area contributed by atoms with Gasteiger partial charge in [-0.05, 0) is 31.2 Å². The van der Waals surface area contributed by atoms with Gasteiger partial charge in [-0.1, -0.05) is 17.2 Å². The van der Waals surface area contributed by atoms with Crippen molar-refractivity contribution in [1.82, 2.24) is 0 Å². The van der Waals surface area contributed by atoms with E-state index in [0.717, 1.165) is 17.9 Å². The van der Waals surface area contributed by atoms with Crippen LogP contribution in [-0.2, 0) is 0 Å². The maximum absolute atomic E-state index is 5.79. The molecule has 1 unspecified atom stereocenters. The third-order valence-electron chi connectivity index (χ3n) is 1.54. The first kappa shape index (κ1) is 7.31. The number of rotatable bonds is 0. The van der Waals surface area contributed by atoms with Crippen molar-refractivity contribution >= 4 is 20.8 Å². The van der Waals surface area contributed by atoms with Crippen molar-refractivity contribution in [2.45, 2.75) is 19.8 Å². The molecule has 1 rings (SSSR count). The Morgan fingerprint density at radius 1 is 1.56 bits per heavy atom. The molecule has 0 aromatic heterocycles. The summed E-state index contributed by atoms with van der Waals surface area (Å²) in [5.74, 6) is 0. The van der Waals surface area contributed by atoms with Gasteiger partial charge in [-0.15, -0.1) is 9.24 Å². The topological polar surface area (TPSA) is 0 Å². The Kier molecular flexibility index (Phi) is 2.32. The van der Waals surface area contributed by atoms with E-state index in [1.54, 1.807) is 0 Å². The van der Waals surface area contributed by atoms with Gasteiger partial charge in [0, 0.05) is 5.03 Å². The highest BCUT2D eigenvalue weighted by atomic mass is 35.5. The normalized spacial score (nSPS) is 20.1. The second-order valence-corrected chi connectivity index (χ2v) is 3.43. The van der Waals surface area contributed by atoms with Crippen LogP contribution in [0.2, 0.25) is 0 Å². The van der Waals surface area contributed by atoms with Gasteiger partial charge in [0.15, 0.2) is 0 Å². The summed E-state index contributed by atoms with van der Waals surface area (Å²) in [5, 5.41) is 2.23. The summed E-state index contributed by atoms with van der Waals surface area (Å²) in [6.45, 7) is 2.14. The van der Waals surface area contributed by atoms with Crippen LogP contribution in [0.3, 0.4) is 0 Å². The number of halogens is 1. The van der Waals surface area contributed by atoms with Gasteiger partial charge in [0.2, 0.25) is 0 Å². The fraction of sp³-hybridized carbons (Fsp3) is 0.429. The molecular formula is C7H10ClP. The van der Waals surface area contributed by atoms with Crippen LogP contribution in [0.25, 0.3) is 0 Å². The summed E-state index contributed by atoms with van der Waals surface area (Å²) in [7, 11) is 2.69. The Morgan fingerprint density at radius 2 is 2.22 bits per heavy atom. The molecule has 0 N–H and O–H groups in total. The zero-order valence-electron chi connectivity index (χ0n) is 5.45. The van der Waals surface area contributed by atoms with E-state index in [0.29, 0.717) is 0 Å². The maximum atomic E-state index is 5.79. The first-order valence-electron chi connectivity index (χ1n) is 3.01. The summed E-state index contributed by atoms with van der Waals surface area (Å²) in [4.78, 5) is 0. The summed E-state index contributed by atoms with van der Waals surface area (Å²) < 4.78 is 0. The van der Waals surface area contributed by atoms with E-state index in [9.17, 15) is 0 Å². The largest absolute Gasteiger partial charge is 0.106 e. The van der Waals surface area contributed by atoms with Crippen LogP contribution in [0, 0.1) is 0 Å². The average molecular weight is 161 g/mol. The van der Waals surface area contributed by atoms with E-state index in [2.05, 4.69) is 16.2 Å². The third kappa shape index (κ3) is 1.81. The summed E-state index contributed by atoms with van der Waals surface area (Å²) >= 11 is 5.79. The first-order chi connectivity index (χ1) is 4.20. The Hall–Kier alpha value is 0.200. The quantitative estimate of drug-likeness (QED) is 0.478. The van der Waals surface area contributed by atoms with Crippen LogP contribution in [0.5, 0.6) is 0 Å². The van der Waals surface area contributed by atoms with Crippen molar-refractivity contribution in [2.24, 2.45) is 0 Å². The molecule has 0 fully saturated rings. The van der Waals surface area contributed by atoms with E-state index >= 15 is 0 Å². The zero-order chi connectivity index (χ0) is 6.85. The molecular weight excluding hydrogens is 151 g/mol. The Labute approximate surface area is 63.2 Å². The van der Waals surface area contributed by atoms with E-state index in [-0.39, 0.29) is 0 Å². The van der Waals surface area contributed by atoms with Crippen LogP contribution in [0.4, 0.5) is 0 Å². The zero-order valence-corrected chi connectivity index (χ0v) is 7.36. The Morgan fingerprint density at radius 3 is 2.67 bits per heavy atom. The SMILES string of the molecule is CC1=C(P)C=C(Cl)CC1. The minimum atomic E-state index is 0.977. The van der Waals surface area contributed by atoms with Crippen molar-refractivity contribution in [3.63, 3.8) is 0 Å². The smallest absolute Gasteiger partial charge is 0.0190 e. The van der Waals surface area contributed by atoms with Crippen molar-refractivity contribution in [2.75, 3.05) is 0 Å². The van der Waals surface area contributed by atoms with Crippen LogP contribution >= 0.6 is 20.8 Å². The van der Waals surface area contributed by atoms with Crippen molar-refractivity contribution in [3.8, 4) is 0 Å². The lowest BCUT2D eigenvalue weighted by molar-refractivity contribution is 0.942. The predicted molar refractivity (Wildman–Crippen MR) is 45.6 cm³/mol. The molecule has 0 aromatic carbocycles. The lowest BCUT2D eigenvalue weighted by Crippen LogP contribution is -1.87. The fourth-order valence-corrected chi connectivity index (χ4v) is 1.48. The molecule has 0 nitrogen and oxygen atoms in total. The van der Waals surface area contributed by atoms with Crippen LogP contribution in [-0.4, -0.2) is 0 Å². The molecule has 0 spiro atoms. The van der Waals surface area contributed by atoms with E-state index < -0.39 is 0 Å². The monoisotopic (exact) mass is 160 g/mol. The van der Waals surface area contributed by atoms with Crippen LogP contribution in [0.15, 0.2) is 22.0 Å². The van der Waals surface area contributed by atoms with Crippen LogP contribution < -0.4 is 0 Å². The minimum Gasteiger partial charge on any atom is -0.106 e. The van der Waals surface area contributed by atoms with Crippen LogP contribution in [0.1, 0.15) is 19.8 Å². The maximum Gasteiger partial charge on any atom is 0.0190 e. The standard InChI is InChI=1S/C7H10ClP/c1-5-2-3-6(8)4-7(5)9/h4H,2-3,9H2,1H3. The predicted octanol–water partition coefficient (Wildman–Crippen LogP) is 3.05. The van der Waals surface area contributed by atoms with Crippen molar-refractivity contribution < 1.29 is 0 Å². The van der Waals surface area contributed by atoms with Crippen molar-refractivity contribution in [3.05, 3.63) is 22.0 Å². The number of hydrogen-bond acceptors (Lipinski definition) is 0. The lowest BCUT2D eigenvalue weighted by atomic mass is 10.1. The molecule has 0 amide bonds. The number of hydrogen-bond donors (Lipinski definition) is 0. The third-order valence-corrected chi connectivity index (χ3v) is 2.50. The molecule has 0 aromatic rings. The number of allylic oxidation sites excluding steroid dienone is 4. The lowest BCUT2D eigenvalue weighted by Gasteiger charge is -2.09. The molecule has 0 saturated heterocycles.